The lowest BCUT2D eigenvalue weighted by molar-refractivity contribution is 0.269. The smallest absolute Gasteiger partial charge is 0.244 e. The maximum Gasteiger partial charge on any atom is 0.244 e. The average molecular weight is 431 g/mol. The molecule has 3 aromatic rings. The number of aromatic nitrogens is 2. The van der Waals surface area contributed by atoms with E-state index in [1.165, 1.54) is 0 Å². The van der Waals surface area contributed by atoms with Gasteiger partial charge in [-0.2, -0.15) is 5.26 Å². The molecular weight excluding hydrogens is 404 g/mol. The first-order chi connectivity index (χ1) is 15.7. The molecule has 7 nitrogen and oxygen atoms in total. The van der Waals surface area contributed by atoms with Crippen molar-refractivity contribution in [1.29, 1.82) is 5.26 Å². The maximum absolute atomic E-state index is 9.86. The number of allylic oxidation sites excluding steroid dienone is 1. The Morgan fingerprint density at radius 1 is 1.12 bits per heavy atom. The first-order valence-electron chi connectivity index (χ1n) is 10.7. The van der Waals surface area contributed by atoms with Gasteiger partial charge in [0, 0.05) is 11.3 Å². The summed E-state index contributed by atoms with van der Waals surface area (Å²) in [5.74, 6) is 1.35. The van der Waals surface area contributed by atoms with Crippen LogP contribution in [0.2, 0.25) is 0 Å². The van der Waals surface area contributed by atoms with Crippen LogP contribution in [0, 0.1) is 11.3 Å². The number of nitrogens with zero attached hydrogens (tertiary/aromatic N) is 2. The minimum absolute atomic E-state index is 0.0712. The van der Waals surface area contributed by atoms with Crippen molar-refractivity contribution >= 4 is 0 Å². The van der Waals surface area contributed by atoms with E-state index in [-0.39, 0.29) is 5.88 Å². The van der Waals surface area contributed by atoms with E-state index in [1.807, 2.05) is 55.5 Å². The molecule has 0 bridgehead atoms. The van der Waals surface area contributed by atoms with Gasteiger partial charge in [-0.3, -0.25) is 5.10 Å². The summed E-state index contributed by atoms with van der Waals surface area (Å²) in [4.78, 5) is 0. The van der Waals surface area contributed by atoms with Crippen molar-refractivity contribution in [2.75, 3.05) is 6.61 Å². The van der Waals surface area contributed by atoms with Crippen LogP contribution in [0.1, 0.15) is 48.6 Å². The standard InChI is InChI=1S/C25H26N4O3/c1-3-8-19-23-22(18(14-26)24(27)32-25(23)29-28-19)17-11-12-20(21(13-17)30-4-2)31-15-16-9-6-5-7-10-16/h5-7,9-13,22H,3-4,8,15,27H2,1-2H3,(H,28,29). The van der Waals surface area contributed by atoms with Gasteiger partial charge in [-0.05, 0) is 36.6 Å². The lowest BCUT2D eigenvalue weighted by Crippen LogP contribution is -2.21. The molecular formula is C25H26N4O3. The number of fused-ring (bicyclic) bond motifs is 1. The highest BCUT2D eigenvalue weighted by atomic mass is 16.5. The highest BCUT2D eigenvalue weighted by molar-refractivity contribution is 5.57. The zero-order chi connectivity index (χ0) is 22.5. The number of benzene rings is 2. The Morgan fingerprint density at radius 2 is 1.94 bits per heavy atom. The quantitative estimate of drug-likeness (QED) is 0.543. The van der Waals surface area contributed by atoms with Crippen molar-refractivity contribution in [3.63, 3.8) is 0 Å². The summed E-state index contributed by atoms with van der Waals surface area (Å²) in [7, 11) is 0. The molecule has 0 radical (unpaired) electrons. The van der Waals surface area contributed by atoms with Gasteiger partial charge in [0.2, 0.25) is 11.8 Å². The van der Waals surface area contributed by atoms with Gasteiger partial charge in [0.05, 0.1) is 12.5 Å². The van der Waals surface area contributed by atoms with Crippen LogP contribution >= 0.6 is 0 Å². The van der Waals surface area contributed by atoms with E-state index in [0.717, 1.165) is 35.2 Å². The lowest BCUT2D eigenvalue weighted by Gasteiger charge is -2.25. The summed E-state index contributed by atoms with van der Waals surface area (Å²) >= 11 is 0. The number of nitrogens with two attached hydrogens (primary N) is 1. The summed E-state index contributed by atoms with van der Waals surface area (Å²) in [6.45, 7) is 4.93. The van der Waals surface area contributed by atoms with Crippen LogP contribution in [0.4, 0.5) is 0 Å². The van der Waals surface area contributed by atoms with Crippen molar-refractivity contribution in [1.82, 2.24) is 10.2 Å². The summed E-state index contributed by atoms with van der Waals surface area (Å²) < 4.78 is 17.6. The van der Waals surface area contributed by atoms with Gasteiger partial charge < -0.3 is 19.9 Å². The number of ether oxygens (including phenoxy) is 3. The van der Waals surface area contributed by atoms with Gasteiger partial charge in [-0.15, -0.1) is 5.10 Å². The van der Waals surface area contributed by atoms with E-state index in [2.05, 4.69) is 23.2 Å². The fourth-order valence-electron chi connectivity index (χ4n) is 3.91. The molecule has 32 heavy (non-hydrogen) atoms. The first kappa shape index (κ1) is 21.3. The number of H-pyrrole nitrogens is 1. The fraction of sp³-hybridized carbons (Fsp3) is 0.280. The van der Waals surface area contributed by atoms with E-state index in [1.54, 1.807) is 0 Å². The van der Waals surface area contributed by atoms with E-state index in [4.69, 9.17) is 19.9 Å². The molecule has 3 N–H and O–H groups in total. The second-order valence-corrected chi connectivity index (χ2v) is 7.51. The third kappa shape index (κ3) is 4.12. The van der Waals surface area contributed by atoms with Crippen LogP contribution in [0.25, 0.3) is 0 Å². The summed E-state index contributed by atoms with van der Waals surface area (Å²) in [6.07, 6.45) is 1.72. The Hall–Kier alpha value is -3.92. The SMILES string of the molecule is CCCc1[nH]nc2c1C(c1ccc(OCc3ccccc3)c(OCC)c1)C(C#N)=C(N)O2. The Morgan fingerprint density at radius 3 is 2.66 bits per heavy atom. The van der Waals surface area contributed by atoms with Crippen LogP contribution in [0.15, 0.2) is 60.0 Å². The molecule has 0 aliphatic carbocycles. The largest absolute Gasteiger partial charge is 0.490 e. The van der Waals surface area contributed by atoms with Gasteiger partial charge in [0.15, 0.2) is 11.5 Å². The molecule has 0 saturated heterocycles. The van der Waals surface area contributed by atoms with E-state index in [9.17, 15) is 5.26 Å². The number of rotatable bonds is 8. The number of hydrogen-bond donors (Lipinski definition) is 2. The highest BCUT2D eigenvalue weighted by Crippen LogP contribution is 2.45. The van der Waals surface area contributed by atoms with E-state index >= 15 is 0 Å². The molecule has 0 amide bonds. The third-order valence-corrected chi connectivity index (χ3v) is 5.36. The molecule has 0 saturated carbocycles. The van der Waals surface area contributed by atoms with E-state index in [0.29, 0.717) is 36.2 Å². The summed E-state index contributed by atoms with van der Waals surface area (Å²) in [6, 6.07) is 17.9. The predicted molar refractivity (Wildman–Crippen MR) is 120 cm³/mol. The Kier molecular flexibility index (Phi) is 6.31. The topological polar surface area (TPSA) is 106 Å². The van der Waals surface area contributed by atoms with E-state index < -0.39 is 5.92 Å². The second kappa shape index (κ2) is 9.48. The Balaban J connectivity index is 1.73. The van der Waals surface area contributed by atoms with Crippen molar-refractivity contribution in [3.05, 3.63) is 82.4 Å². The Bertz CT molecular complexity index is 1160. The van der Waals surface area contributed by atoms with Crippen molar-refractivity contribution in [3.8, 4) is 23.4 Å². The fourth-order valence-corrected chi connectivity index (χ4v) is 3.91. The molecule has 4 rings (SSSR count). The summed E-state index contributed by atoms with van der Waals surface area (Å²) in [5.41, 5.74) is 10.2. The summed E-state index contributed by atoms with van der Waals surface area (Å²) in [5, 5.41) is 17.2. The molecule has 2 aromatic carbocycles. The zero-order valence-electron chi connectivity index (χ0n) is 18.2. The molecule has 1 atom stereocenters. The van der Waals surface area contributed by atoms with Crippen molar-refractivity contribution in [2.24, 2.45) is 5.73 Å². The molecule has 0 spiro atoms. The molecule has 1 aliphatic rings. The molecule has 0 fully saturated rings. The Labute approximate surface area is 187 Å². The van der Waals surface area contributed by atoms with Gasteiger partial charge in [0.25, 0.3) is 0 Å². The second-order valence-electron chi connectivity index (χ2n) is 7.51. The van der Waals surface area contributed by atoms with Crippen LogP contribution in [0.3, 0.4) is 0 Å². The van der Waals surface area contributed by atoms with Gasteiger partial charge in [-0.25, -0.2) is 0 Å². The zero-order valence-corrected chi connectivity index (χ0v) is 18.2. The van der Waals surface area contributed by atoms with Crippen LogP contribution < -0.4 is 19.9 Å². The molecule has 1 unspecified atom stereocenters. The minimum Gasteiger partial charge on any atom is -0.490 e. The molecule has 7 heteroatoms. The van der Waals surface area contributed by atoms with Crippen molar-refractivity contribution < 1.29 is 14.2 Å². The van der Waals surface area contributed by atoms with Gasteiger partial charge in [0.1, 0.15) is 18.2 Å². The third-order valence-electron chi connectivity index (χ3n) is 5.36. The number of aryl methyl sites for hydroxylation is 1. The lowest BCUT2D eigenvalue weighted by atomic mass is 9.83. The molecule has 1 aromatic heterocycles. The number of hydrogen-bond acceptors (Lipinski definition) is 6. The van der Waals surface area contributed by atoms with Crippen LogP contribution in [0.5, 0.6) is 17.4 Å². The first-order valence-corrected chi connectivity index (χ1v) is 10.7. The predicted octanol–water partition coefficient (Wildman–Crippen LogP) is 4.56. The van der Waals surface area contributed by atoms with Crippen molar-refractivity contribution in [2.45, 2.75) is 39.2 Å². The number of nitriles is 1. The highest BCUT2D eigenvalue weighted by Gasteiger charge is 2.35. The minimum atomic E-state index is -0.397. The van der Waals surface area contributed by atoms with Gasteiger partial charge >= 0.3 is 0 Å². The molecule has 2 heterocycles. The van der Waals surface area contributed by atoms with Crippen LogP contribution in [-0.2, 0) is 13.0 Å². The number of nitrogens with one attached hydrogen (secondary N) is 1. The van der Waals surface area contributed by atoms with Gasteiger partial charge in [-0.1, -0.05) is 49.7 Å². The monoisotopic (exact) mass is 430 g/mol. The number of aromatic amines is 1. The van der Waals surface area contributed by atoms with Crippen LogP contribution in [-0.4, -0.2) is 16.8 Å². The molecule has 1 aliphatic heterocycles. The molecule has 164 valence electrons. The average Bonchev–Trinajstić information content (AvgIpc) is 3.20. The maximum atomic E-state index is 9.86. The normalized spacial score (nSPS) is 15.0.